The normalized spacial score (nSPS) is 12.2. The first-order valence-corrected chi connectivity index (χ1v) is 9.54. The minimum Gasteiger partial charge on any atom is -0.352 e. The summed E-state index contributed by atoms with van der Waals surface area (Å²) >= 11 is 6.13. The highest BCUT2D eigenvalue weighted by atomic mass is 35.5. The molecular weight excluding hydrogens is 376 g/mol. The summed E-state index contributed by atoms with van der Waals surface area (Å²) in [6, 6.07) is 14.1. The van der Waals surface area contributed by atoms with Crippen molar-refractivity contribution in [2.45, 2.75) is 39.4 Å². The summed E-state index contributed by atoms with van der Waals surface area (Å²) in [5.41, 5.74) is 2.01. The van der Waals surface area contributed by atoms with Crippen LogP contribution in [0.3, 0.4) is 0 Å². The number of hydrogen-bond acceptors (Lipinski definition) is 3. The zero-order chi connectivity index (χ0) is 20.3. The SMILES string of the molecule is CC(C)NC(=O)Cn1c(C(C)NC(=O)c2ccccc2Cl)nc2ccccc21. The van der Waals surface area contributed by atoms with E-state index in [0.717, 1.165) is 11.0 Å². The Labute approximate surface area is 168 Å². The number of amides is 2. The summed E-state index contributed by atoms with van der Waals surface area (Å²) in [5.74, 6) is 0.216. The average Bonchev–Trinajstić information content (AvgIpc) is 3.00. The van der Waals surface area contributed by atoms with Crippen molar-refractivity contribution in [2.75, 3.05) is 0 Å². The minimum atomic E-state index is -0.414. The number of hydrogen-bond donors (Lipinski definition) is 2. The topological polar surface area (TPSA) is 76.0 Å². The predicted molar refractivity (Wildman–Crippen MR) is 110 cm³/mol. The van der Waals surface area contributed by atoms with Crippen LogP contribution in [0.5, 0.6) is 0 Å². The molecule has 0 saturated carbocycles. The number of halogens is 1. The molecule has 28 heavy (non-hydrogen) atoms. The van der Waals surface area contributed by atoms with Gasteiger partial charge >= 0.3 is 0 Å². The molecular formula is C21H23ClN4O2. The number of fused-ring (bicyclic) bond motifs is 1. The van der Waals surface area contributed by atoms with Crippen LogP contribution in [0.4, 0.5) is 0 Å². The molecule has 0 aliphatic heterocycles. The van der Waals surface area contributed by atoms with Gasteiger partial charge in [-0.1, -0.05) is 35.9 Å². The Morgan fingerprint density at radius 1 is 1.04 bits per heavy atom. The molecule has 0 spiro atoms. The largest absolute Gasteiger partial charge is 0.352 e. The van der Waals surface area contributed by atoms with Crippen molar-refractivity contribution in [1.82, 2.24) is 20.2 Å². The molecule has 1 aromatic heterocycles. The summed E-state index contributed by atoms with van der Waals surface area (Å²) in [5, 5.41) is 6.21. The Balaban J connectivity index is 1.90. The third-order valence-corrected chi connectivity index (χ3v) is 4.62. The molecule has 0 bridgehead atoms. The van der Waals surface area contributed by atoms with Crippen LogP contribution in [0.15, 0.2) is 48.5 Å². The van der Waals surface area contributed by atoms with Crippen molar-refractivity contribution in [1.29, 1.82) is 0 Å². The predicted octanol–water partition coefficient (Wildman–Crippen LogP) is 3.71. The number of benzene rings is 2. The number of carbonyl (C=O) groups excluding carboxylic acids is 2. The monoisotopic (exact) mass is 398 g/mol. The zero-order valence-electron chi connectivity index (χ0n) is 16.1. The van der Waals surface area contributed by atoms with Crippen LogP contribution < -0.4 is 10.6 Å². The number of carbonyl (C=O) groups is 2. The van der Waals surface area contributed by atoms with E-state index in [1.54, 1.807) is 24.3 Å². The number of nitrogens with one attached hydrogen (secondary N) is 2. The fraction of sp³-hybridized carbons (Fsp3) is 0.286. The van der Waals surface area contributed by atoms with E-state index in [-0.39, 0.29) is 24.4 Å². The fourth-order valence-corrected chi connectivity index (χ4v) is 3.31. The van der Waals surface area contributed by atoms with Crippen LogP contribution in [0.25, 0.3) is 11.0 Å². The Morgan fingerprint density at radius 2 is 1.71 bits per heavy atom. The van der Waals surface area contributed by atoms with Crippen molar-refractivity contribution in [3.05, 3.63) is 64.9 Å². The molecule has 0 saturated heterocycles. The number of nitrogens with zero attached hydrogens (tertiary/aromatic N) is 2. The molecule has 3 rings (SSSR count). The first-order valence-electron chi connectivity index (χ1n) is 9.16. The summed E-state index contributed by atoms with van der Waals surface area (Å²) in [6.45, 7) is 5.79. The Hall–Kier alpha value is -2.86. The van der Waals surface area contributed by atoms with Gasteiger partial charge in [-0.2, -0.15) is 0 Å². The van der Waals surface area contributed by atoms with E-state index in [2.05, 4.69) is 15.6 Å². The lowest BCUT2D eigenvalue weighted by Crippen LogP contribution is -2.35. The van der Waals surface area contributed by atoms with E-state index in [4.69, 9.17) is 11.6 Å². The van der Waals surface area contributed by atoms with Crippen LogP contribution in [-0.4, -0.2) is 27.4 Å². The van der Waals surface area contributed by atoms with Gasteiger partial charge in [0, 0.05) is 6.04 Å². The number of aromatic nitrogens is 2. The molecule has 0 radical (unpaired) electrons. The van der Waals surface area contributed by atoms with Gasteiger partial charge in [-0.25, -0.2) is 4.98 Å². The number of rotatable bonds is 6. The van der Waals surface area contributed by atoms with Crippen LogP contribution in [0, 0.1) is 0 Å². The third-order valence-electron chi connectivity index (χ3n) is 4.29. The van der Waals surface area contributed by atoms with Gasteiger partial charge in [-0.05, 0) is 45.0 Å². The maximum Gasteiger partial charge on any atom is 0.253 e. The number of para-hydroxylation sites is 2. The lowest BCUT2D eigenvalue weighted by Gasteiger charge is -2.17. The van der Waals surface area contributed by atoms with Crippen LogP contribution in [0.1, 0.15) is 43.0 Å². The Morgan fingerprint density at radius 3 is 2.43 bits per heavy atom. The first-order chi connectivity index (χ1) is 13.4. The van der Waals surface area contributed by atoms with Crippen LogP contribution in [-0.2, 0) is 11.3 Å². The maximum atomic E-state index is 12.6. The van der Waals surface area contributed by atoms with E-state index in [9.17, 15) is 9.59 Å². The summed E-state index contributed by atoms with van der Waals surface area (Å²) in [6.07, 6.45) is 0. The van der Waals surface area contributed by atoms with Gasteiger partial charge in [0.2, 0.25) is 5.91 Å². The molecule has 7 heteroatoms. The van der Waals surface area contributed by atoms with E-state index in [1.165, 1.54) is 0 Å². The molecule has 0 aliphatic rings. The van der Waals surface area contributed by atoms with Crippen LogP contribution >= 0.6 is 11.6 Å². The zero-order valence-corrected chi connectivity index (χ0v) is 16.8. The molecule has 1 atom stereocenters. The molecule has 2 N–H and O–H groups in total. The second kappa shape index (κ2) is 8.44. The molecule has 1 unspecified atom stereocenters. The molecule has 6 nitrogen and oxygen atoms in total. The summed E-state index contributed by atoms with van der Waals surface area (Å²) in [7, 11) is 0. The first kappa shape index (κ1) is 19.9. The minimum absolute atomic E-state index is 0.0445. The van der Waals surface area contributed by atoms with Gasteiger partial charge in [-0.3, -0.25) is 9.59 Å². The van der Waals surface area contributed by atoms with Gasteiger partial charge < -0.3 is 15.2 Å². The fourth-order valence-electron chi connectivity index (χ4n) is 3.09. The van der Waals surface area contributed by atoms with E-state index in [0.29, 0.717) is 16.4 Å². The quantitative estimate of drug-likeness (QED) is 0.664. The summed E-state index contributed by atoms with van der Waals surface area (Å²) < 4.78 is 1.84. The Bertz CT molecular complexity index is 1010. The highest BCUT2D eigenvalue weighted by Crippen LogP contribution is 2.22. The molecule has 2 amide bonds. The highest BCUT2D eigenvalue weighted by molar-refractivity contribution is 6.33. The van der Waals surface area contributed by atoms with Gasteiger partial charge in [0.15, 0.2) is 0 Å². The van der Waals surface area contributed by atoms with Gasteiger partial charge in [-0.15, -0.1) is 0 Å². The van der Waals surface area contributed by atoms with Crippen molar-refractivity contribution < 1.29 is 9.59 Å². The lowest BCUT2D eigenvalue weighted by molar-refractivity contribution is -0.122. The lowest BCUT2D eigenvalue weighted by atomic mass is 10.2. The number of imidazole rings is 1. The smallest absolute Gasteiger partial charge is 0.253 e. The molecule has 0 aliphatic carbocycles. The van der Waals surface area contributed by atoms with Crippen LogP contribution in [0.2, 0.25) is 5.02 Å². The Kier molecular flexibility index (Phi) is 5.99. The summed E-state index contributed by atoms with van der Waals surface area (Å²) in [4.78, 5) is 29.6. The van der Waals surface area contributed by atoms with E-state index < -0.39 is 6.04 Å². The van der Waals surface area contributed by atoms with Crippen molar-refractivity contribution in [3.8, 4) is 0 Å². The maximum absolute atomic E-state index is 12.6. The molecule has 3 aromatic rings. The molecule has 0 fully saturated rings. The van der Waals surface area contributed by atoms with Crippen molar-refractivity contribution >= 4 is 34.4 Å². The second-order valence-corrected chi connectivity index (χ2v) is 7.35. The second-order valence-electron chi connectivity index (χ2n) is 6.94. The van der Waals surface area contributed by atoms with Crippen molar-refractivity contribution in [2.24, 2.45) is 0 Å². The average molecular weight is 399 g/mol. The van der Waals surface area contributed by atoms with E-state index >= 15 is 0 Å². The molecule has 1 heterocycles. The van der Waals surface area contributed by atoms with Gasteiger partial charge in [0.05, 0.1) is 27.7 Å². The van der Waals surface area contributed by atoms with Crippen molar-refractivity contribution in [3.63, 3.8) is 0 Å². The molecule has 146 valence electrons. The standard InChI is InChI=1S/C21H23ClN4O2/c1-13(2)23-19(27)12-26-18-11-7-6-10-17(18)25-20(26)14(3)24-21(28)15-8-4-5-9-16(15)22/h4-11,13-14H,12H2,1-3H3,(H,23,27)(H,24,28). The molecule has 2 aromatic carbocycles. The van der Waals surface area contributed by atoms with Gasteiger partial charge in [0.1, 0.15) is 12.4 Å². The third kappa shape index (κ3) is 4.34. The van der Waals surface area contributed by atoms with E-state index in [1.807, 2.05) is 49.6 Å². The highest BCUT2D eigenvalue weighted by Gasteiger charge is 2.21. The van der Waals surface area contributed by atoms with Gasteiger partial charge in [0.25, 0.3) is 5.91 Å².